The lowest BCUT2D eigenvalue weighted by molar-refractivity contribution is 0.373. The average Bonchev–Trinajstić information content (AvgIpc) is 2.37. The molecular weight excluding hydrogens is 250 g/mol. The summed E-state index contributed by atoms with van der Waals surface area (Å²) in [5.41, 5.74) is 0. The van der Waals surface area contributed by atoms with Gasteiger partial charge in [0.15, 0.2) is 0 Å². The van der Waals surface area contributed by atoms with Gasteiger partial charge >= 0.3 is 0 Å². The molecule has 1 aliphatic rings. The maximum atomic E-state index is 5.87. The van der Waals surface area contributed by atoms with Gasteiger partial charge in [0, 0.05) is 13.1 Å². The fourth-order valence-corrected chi connectivity index (χ4v) is 2.45. The van der Waals surface area contributed by atoms with Crippen molar-refractivity contribution in [2.45, 2.75) is 39.0 Å². The van der Waals surface area contributed by atoms with Gasteiger partial charge in [-0.15, -0.1) is 0 Å². The highest BCUT2D eigenvalue weighted by molar-refractivity contribution is 6.28. The van der Waals surface area contributed by atoms with Gasteiger partial charge in [0.2, 0.25) is 17.2 Å². The van der Waals surface area contributed by atoms with Crippen LogP contribution < -0.4 is 10.6 Å². The van der Waals surface area contributed by atoms with Gasteiger partial charge in [-0.05, 0) is 37.3 Å². The summed E-state index contributed by atoms with van der Waals surface area (Å²) in [4.78, 5) is 12.4. The van der Waals surface area contributed by atoms with Crippen LogP contribution in [0.15, 0.2) is 0 Å². The molecule has 6 heteroatoms. The van der Waals surface area contributed by atoms with Crippen molar-refractivity contribution in [3.63, 3.8) is 0 Å². The molecule has 2 N–H and O–H groups in total. The molecule has 1 saturated carbocycles. The molecule has 0 radical (unpaired) electrons. The van der Waals surface area contributed by atoms with E-state index in [9.17, 15) is 0 Å². The molecule has 0 unspecified atom stereocenters. The minimum atomic E-state index is 0.229. The third-order valence-corrected chi connectivity index (χ3v) is 3.39. The van der Waals surface area contributed by atoms with E-state index in [0.717, 1.165) is 19.0 Å². The molecule has 1 fully saturated rings. The monoisotopic (exact) mass is 269 g/mol. The Morgan fingerprint density at radius 3 is 2.39 bits per heavy atom. The number of nitrogens with one attached hydrogen (secondary N) is 2. The maximum absolute atomic E-state index is 5.87. The van der Waals surface area contributed by atoms with Crippen molar-refractivity contribution in [1.29, 1.82) is 0 Å². The van der Waals surface area contributed by atoms with Crippen molar-refractivity contribution in [3.05, 3.63) is 5.28 Å². The summed E-state index contributed by atoms with van der Waals surface area (Å²) in [6, 6.07) is 0. The first-order chi connectivity index (χ1) is 8.78. The zero-order chi connectivity index (χ0) is 12.8. The van der Waals surface area contributed by atoms with E-state index < -0.39 is 0 Å². The average molecular weight is 270 g/mol. The van der Waals surface area contributed by atoms with E-state index in [0.29, 0.717) is 11.9 Å². The van der Waals surface area contributed by atoms with Crippen LogP contribution in [0.3, 0.4) is 0 Å². The van der Waals surface area contributed by atoms with Crippen molar-refractivity contribution < 1.29 is 0 Å². The number of anilines is 2. The summed E-state index contributed by atoms with van der Waals surface area (Å²) in [6.45, 7) is 3.68. The lowest BCUT2D eigenvalue weighted by Crippen LogP contribution is -2.19. The number of rotatable bonds is 5. The molecule has 2 rings (SSSR count). The van der Waals surface area contributed by atoms with Gasteiger partial charge in [-0.25, -0.2) is 0 Å². The largest absolute Gasteiger partial charge is 0.354 e. The predicted octanol–water partition coefficient (Wildman–Crippen LogP) is 2.95. The van der Waals surface area contributed by atoms with E-state index >= 15 is 0 Å². The van der Waals surface area contributed by atoms with Gasteiger partial charge in [-0.1, -0.05) is 19.3 Å². The molecule has 0 amide bonds. The normalized spacial score (nSPS) is 16.6. The quantitative estimate of drug-likeness (QED) is 0.861. The molecular formula is C12H20ClN5. The van der Waals surface area contributed by atoms with E-state index in [1.54, 1.807) is 0 Å². The highest BCUT2D eigenvalue weighted by Gasteiger charge is 2.13. The molecule has 5 nitrogen and oxygen atoms in total. The minimum Gasteiger partial charge on any atom is -0.354 e. The van der Waals surface area contributed by atoms with Crippen LogP contribution in [-0.2, 0) is 0 Å². The van der Waals surface area contributed by atoms with Crippen molar-refractivity contribution in [2.75, 3.05) is 23.7 Å². The Labute approximate surface area is 113 Å². The van der Waals surface area contributed by atoms with Gasteiger partial charge < -0.3 is 10.6 Å². The van der Waals surface area contributed by atoms with E-state index in [2.05, 4.69) is 25.6 Å². The fraction of sp³-hybridized carbons (Fsp3) is 0.750. The molecule has 100 valence electrons. The molecule has 1 aromatic heterocycles. The van der Waals surface area contributed by atoms with Crippen molar-refractivity contribution in [2.24, 2.45) is 5.92 Å². The van der Waals surface area contributed by atoms with E-state index in [1.165, 1.54) is 32.1 Å². The molecule has 0 bridgehead atoms. The van der Waals surface area contributed by atoms with Gasteiger partial charge in [0.25, 0.3) is 0 Å². The van der Waals surface area contributed by atoms with E-state index in [4.69, 9.17) is 11.6 Å². The number of aromatic nitrogens is 3. The lowest BCUT2D eigenvalue weighted by Gasteiger charge is -2.21. The molecule has 0 aromatic carbocycles. The molecule has 0 aliphatic heterocycles. The zero-order valence-electron chi connectivity index (χ0n) is 10.7. The Kier molecular flexibility index (Phi) is 4.99. The minimum absolute atomic E-state index is 0.229. The van der Waals surface area contributed by atoms with Crippen LogP contribution in [0, 0.1) is 5.92 Å². The predicted molar refractivity (Wildman–Crippen MR) is 74.1 cm³/mol. The highest BCUT2D eigenvalue weighted by Crippen LogP contribution is 2.23. The third-order valence-electron chi connectivity index (χ3n) is 3.22. The molecule has 1 aliphatic carbocycles. The summed E-state index contributed by atoms with van der Waals surface area (Å²) in [6.07, 6.45) is 6.65. The summed E-state index contributed by atoms with van der Waals surface area (Å²) in [7, 11) is 0. The van der Waals surface area contributed by atoms with Crippen LogP contribution >= 0.6 is 11.6 Å². The van der Waals surface area contributed by atoms with Crippen molar-refractivity contribution >= 4 is 23.5 Å². The van der Waals surface area contributed by atoms with Crippen LogP contribution in [0.1, 0.15) is 39.0 Å². The van der Waals surface area contributed by atoms with Gasteiger partial charge in [-0.2, -0.15) is 15.0 Å². The van der Waals surface area contributed by atoms with Crippen LogP contribution in [0.5, 0.6) is 0 Å². The van der Waals surface area contributed by atoms with Crippen LogP contribution in [0.2, 0.25) is 5.28 Å². The third kappa shape index (κ3) is 3.98. The molecule has 1 aromatic rings. The summed E-state index contributed by atoms with van der Waals surface area (Å²) in [5, 5.41) is 6.54. The Bertz CT molecular complexity index is 379. The van der Waals surface area contributed by atoms with E-state index in [-0.39, 0.29) is 5.28 Å². The number of halogens is 1. The summed E-state index contributed by atoms with van der Waals surface area (Å²) in [5.74, 6) is 1.83. The summed E-state index contributed by atoms with van der Waals surface area (Å²) < 4.78 is 0. The number of hydrogen-bond acceptors (Lipinski definition) is 5. The Balaban J connectivity index is 1.91. The van der Waals surface area contributed by atoms with Gasteiger partial charge in [0.1, 0.15) is 0 Å². The van der Waals surface area contributed by atoms with Gasteiger partial charge in [-0.3, -0.25) is 0 Å². The summed E-state index contributed by atoms with van der Waals surface area (Å²) >= 11 is 5.87. The Morgan fingerprint density at radius 2 is 1.72 bits per heavy atom. The first kappa shape index (κ1) is 13.3. The maximum Gasteiger partial charge on any atom is 0.228 e. The molecule has 0 saturated heterocycles. The zero-order valence-corrected chi connectivity index (χ0v) is 11.5. The number of nitrogens with zero attached hydrogens (tertiary/aromatic N) is 3. The van der Waals surface area contributed by atoms with Gasteiger partial charge in [0.05, 0.1) is 0 Å². The first-order valence-electron chi connectivity index (χ1n) is 6.67. The SMILES string of the molecule is CCNc1nc(Cl)nc(NCC2CCCCC2)n1. The van der Waals surface area contributed by atoms with E-state index in [1.807, 2.05) is 6.92 Å². The van der Waals surface area contributed by atoms with Crippen LogP contribution in [0.25, 0.3) is 0 Å². The second-order valence-corrected chi connectivity index (χ2v) is 5.00. The molecule has 0 atom stereocenters. The van der Waals surface area contributed by atoms with Crippen LogP contribution in [0.4, 0.5) is 11.9 Å². The lowest BCUT2D eigenvalue weighted by atomic mass is 9.89. The van der Waals surface area contributed by atoms with Crippen LogP contribution in [-0.4, -0.2) is 28.0 Å². The number of hydrogen-bond donors (Lipinski definition) is 2. The fourth-order valence-electron chi connectivity index (χ4n) is 2.29. The highest BCUT2D eigenvalue weighted by atomic mass is 35.5. The second kappa shape index (κ2) is 6.73. The second-order valence-electron chi connectivity index (χ2n) is 4.67. The molecule has 18 heavy (non-hydrogen) atoms. The standard InChI is InChI=1S/C12H20ClN5/c1-2-14-11-16-10(13)17-12(18-11)15-8-9-6-4-3-5-7-9/h9H,2-8H2,1H3,(H2,14,15,16,17,18). The Morgan fingerprint density at radius 1 is 1.06 bits per heavy atom. The smallest absolute Gasteiger partial charge is 0.228 e. The van der Waals surface area contributed by atoms with Crippen molar-refractivity contribution in [1.82, 2.24) is 15.0 Å². The first-order valence-corrected chi connectivity index (χ1v) is 7.05. The topological polar surface area (TPSA) is 62.7 Å². The molecule has 0 spiro atoms. The Hall–Kier alpha value is -1.10. The molecule has 1 heterocycles. The van der Waals surface area contributed by atoms with Crippen molar-refractivity contribution in [3.8, 4) is 0 Å².